The van der Waals surface area contributed by atoms with Gasteiger partial charge in [0.15, 0.2) is 5.78 Å². The molecule has 11 heteroatoms. The molecule has 41 heavy (non-hydrogen) atoms. The quantitative estimate of drug-likeness (QED) is 0.0977. The van der Waals surface area contributed by atoms with E-state index in [4.69, 9.17) is 27.9 Å². The molecule has 0 atom stereocenters. The molecule has 0 saturated carbocycles. The predicted molar refractivity (Wildman–Crippen MR) is 154 cm³/mol. The number of halogens is 3. The summed E-state index contributed by atoms with van der Waals surface area (Å²) in [6.07, 6.45) is 0. The molecular formula is C30H17BrCl2N2O6. The summed E-state index contributed by atoms with van der Waals surface area (Å²) >= 11 is 15.5. The highest BCUT2D eigenvalue weighted by atomic mass is 79.9. The van der Waals surface area contributed by atoms with Gasteiger partial charge in [-0.05, 0) is 78.9 Å². The molecule has 0 bridgehead atoms. The molecule has 5 rings (SSSR count). The average molecular weight is 652 g/mol. The van der Waals surface area contributed by atoms with Crippen molar-refractivity contribution in [3.63, 3.8) is 0 Å². The first-order chi connectivity index (χ1) is 19.6. The van der Waals surface area contributed by atoms with Crippen molar-refractivity contribution in [1.29, 1.82) is 0 Å². The third-order valence-corrected chi connectivity index (χ3v) is 7.25. The number of carbonyl (C=O) groups excluding carboxylic acids is 5. The van der Waals surface area contributed by atoms with E-state index in [1.165, 1.54) is 54.6 Å². The Balaban J connectivity index is 1.40. The fraction of sp³-hybridized carbons (Fsp3) is 0.0333. The van der Waals surface area contributed by atoms with Crippen LogP contribution in [0.25, 0.3) is 0 Å². The van der Waals surface area contributed by atoms with Crippen LogP contribution in [-0.2, 0) is 0 Å². The lowest BCUT2D eigenvalue weighted by Gasteiger charge is -2.29. The molecule has 1 aliphatic rings. The Morgan fingerprint density at radius 1 is 0.780 bits per heavy atom. The second kappa shape index (κ2) is 11.7. The van der Waals surface area contributed by atoms with Crippen molar-refractivity contribution in [3.8, 4) is 5.75 Å². The van der Waals surface area contributed by atoms with E-state index < -0.39 is 36.0 Å². The van der Waals surface area contributed by atoms with E-state index in [1.807, 2.05) is 0 Å². The normalized spacial score (nSPS) is 12.2. The van der Waals surface area contributed by atoms with E-state index in [0.717, 1.165) is 9.48 Å². The number of hydrazine groups is 1. The van der Waals surface area contributed by atoms with Gasteiger partial charge in [0.1, 0.15) is 12.3 Å². The summed E-state index contributed by atoms with van der Waals surface area (Å²) in [5.41, 5.74) is 0.619. The number of ether oxygens (including phenoxy) is 1. The first kappa shape index (κ1) is 28.2. The first-order valence-electron chi connectivity index (χ1n) is 12.0. The van der Waals surface area contributed by atoms with Crippen LogP contribution in [-0.4, -0.2) is 46.0 Å². The molecule has 0 radical (unpaired) electrons. The summed E-state index contributed by atoms with van der Waals surface area (Å²) < 4.78 is 6.18. The van der Waals surface area contributed by atoms with Gasteiger partial charge in [-0.2, -0.15) is 5.01 Å². The van der Waals surface area contributed by atoms with Gasteiger partial charge in [0, 0.05) is 15.1 Å². The van der Waals surface area contributed by atoms with Crippen LogP contribution in [0.3, 0.4) is 0 Å². The van der Waals surface area contributed by atoms with Crippen LogP contribution in [0.2, 0.25) is 10.0 Å². The monoisotopic (exact) mass is 650 g/mol. The minimum absolute atomic E-state index is 0.0199. The van der Waals surface area contributed by atoms with Crippen molar-refractivity contribution >= 4 is 68.6 Å². The standard InChI is InChI=1S/C30H17BrCl2N2O6/c31-19-9-5-18(6-10-19)30(40)41-21-12-7-17(8-13-21)26(36)16-34(27(37)24-14-11-20(32)15-25(24)33)35-28(38)22-3-1-2-4-23(22)29(35)39/h1-15H,16H2. The van der Waals surface area contributed by atoms with Crippen molar-refractivity contribution in [2.45, 2.75) is 0 Å². The number of fused-ring (bicyclic) bond motifs is 1. The summed E-state index contributed by atoms with van der Waals surface area (Å²) in [7, 11) is 0. The number of nitrogens with zero attached hydrogens (tertiary/aromatic N) is 2. The van der Waals surface area contributed by atoms with Crippen LogP contribution in [0.5, 0.6) is 5.75 Å². The van der Waals surface area contributed by atoms with Crippen molar-refractivity contribution < 1.29 is 28.7 Å². The lowest BCUT2D eigenvalue weighted by atomic mass is 10.1. The Kier molecular flexibility index (Phi) is 8.03. The van der Waals surface area contributed by atoms with Gasteiger partial charge in [-0.3, -0.25) is 19.2 Å². The van der Waals surface area contributed by atoms with E-state index in [1.54, 1.807) is 36.4 Å². The molecule has 0 saturated heterocycles. The number of esters is 1. The number of hydrogen-bond donors (Lipinski definition) is 0. The van der Waals surface area contributed by atoms with Crippen molar-refractivity contribution in [2.24, 2.45) is 0 Å². The van der Waals surface area contributed by atoms with Gasteiger partial charge in [-0.25, -0.2) is 9.80 Å². The number of rotatable bonds is 7. The third-order valence-electron chi connectivity index (χ3n) is 6.17. The van der Waals surface area contributed by atoms with Crippen LogP contribution in [0, 0.1) is 0 Å². The zero-order valence-corrected chi connectivity index (χ0v) is 23.9. The van der Waals surface area contributed by atoms with Crippen LogP contribution in [0.15, 0.2) is 95.5 Å². The van der Waals surface area contributed by atoms with Gasteiger partial charge in [-0.15, -0.1) is 0 Å². The molecule has 0 spiro atoms. The number of amides is 3. The molecular weight excluding hydrogens is 635 g/mol. The van der Waals surface area contributed by atoms with Gasteiger partial charge in [0.05, 0.1) is 27.3 Å². The zero-order chi connectivity index (χ0) is 29.3. The van der Waals surface area contributed by atoms with Gasteiger partial charge in [0.2, 0.25) is 0 Å². The highest BCUT2D eigenvalue weighted by molar-refractivity contribution is 9.10. The average Bonchev–Trinajstić information content (AvgIpc) is 3.21. The highest BCUT2D eigenvalue weighted by Crippen LogP contribution is 2.28. The van der Waals surface area contributed by atoms with E-state index in [0.29, 0.717) is 10.6 Å². The van der Waals surface area contributed by atoms with Gasteiger partial charge in [-0.1, -0.05) is 51.3 Å². The van der Waals surface area contributed by atoms with Crippen LogP contribution < -0.4 is 4.74 Å². The summed E-state index contributed by atoms with van der Waals surface area (Å²) in [4.78, 5) is 65.8. The van der Waals surface area contributed by atoms with Gasteiger partial charge in [0.25, 0.3) is 17.7 Å². The van der Waals surface area contributed by atoms with Crippen LogP contribution >= 0.6 is 39.1 Å². The van der Waals surface area contributed by atoms with Gasteiger partial charge < -0.3 is 4.74 Å². The summed E-state index contributed by atoms with van der Waals surface area (Å²) in [6.45, 7) is -0.665. The number of hydrogen-bond acceptors (Lipinski definition) is 6. The third kappa shape index (κ3) is 5.78. The van der Waals surface area contributed by atoms with E-state index >= 15 is 0 Å². The Labute approximate surface area is 252 Å². The fourth-order valence-electron chi connectivity index (χ4n) is 4.12. The Morgan fingerprint density at radius 3 is 1.95 bits per heavy atom. The second-order valence-electron chi connectivity index (χ2n) is 8.80. The molecule has 3 amide bonds. The predicted octanol–water partition coefficient (Wildman–Crippen LogP) is 6.51. The number of ketones is 1. The van der Waals surface area contributed by atoms with E-state index in [2.05, 4.69) is 15.9 Å². The van der Waals surface area contributed by atoms with Crippen LogP contribution in [0.1, 0.15) is 51.8 Å². The minimum atomic E-state index is -0.852. The molecule has 0 fully saturated rings. The minimum Gasteiger partial charge on any atom is -0.423 e. The largest absolute Gasteiger partial charge is 0.423 e. The molecule has 4 aromatic carbocycles. The molecule has 204 valence electrons. The van der Waals surface area contributed by atoms with Crippen molar-refractivity contribution in [1.82, 2.24) is 10.0 Å². The summed E-state index contributed by atoms with van der Waals surface area (Å²) in [5, 5.41) is 1.66. The molecule has 0 unspecified atom stereocenters. The first-order valence-corrected chi connectivity index (χ1v) is 13.5. The Bertz CT molecular complexity index is 1690. The topological polar surface area (TPSA) is 101 Å². The van der Waals surface area contributed by atoms with Gasteiger partial charge >= 0.3 is 5.97 Å². The maximum absolute atomic E-state index is 13.6. The molecule has 0 aliphatic carbocycles. The molecule has 1 aliphatic heterocycles. The van der Waals surface area contributed by atoms with Crippen LogP contribution in [0.4, 0.5) is 0 Å². The number of Topliss-reactive ketones (excluding diaryl/α,β-unsaturated/α-hetero) is 1. The lowest BCUT2D eigenvalue weighted by molar-refractivity contribution is 0.00531. The Morgan fingerprint density at radius 2 is 1.37 bits per heavy atom. The smallest absolute Gasteiger partial charge is 0.343 e. The molecule has 8 nitrogen and oxygen atoms in total. The molecule has 4 aromatic rings. The number of imide groups is 1. The van der Waals surface area contributed by atoms with E-state index in [9.17, 15) is 24.0 Å². The maximum Gasteiger partial charge on any atom is 0.343 e. The van der Waals surface area contributed by atoms with Crippen molar-refractivity contribution in [2.75, 3.05) is 6.54 Å². The zero-order valence-electron chi connectivity index (χ0n) is 20.8. The SMILES string of the molecule is O=C(CN(C(=O)c1ccc(Cl)cc1Cl)N1C(=O)c2ccccc2C1=O)c1ccc(OC(=O)c2ccc(Br)cc2)cc1. The fourth-order valence-corrected chi connectivity index (χ4v) is 4.87. The second-order valence-corrected chi connectivity index (χ2v) is 10.6. The summed E-state index contributed by atoms with van der Waals surface area (Å²) in [6, 6.07) is 22.5. The lowest BCUT2D eigenvalue weighted by Crippen LogP contribution is -2.51. The molecule has 1 heterocycles. The highest BCUT2D eigenvalue weighted by Gasteiger charge is 2.42. The molecule has 0 aromatic heterocycles. The van der Waals surface area contributed by atoms with Crippen molar-refractivity contribution in [3.05, 3.63) is 133 Å². The Hall–Kier alpha value is -4.31. The summed E-state index contributed by atoms with van der Waals surface area (Å²) in [5.74, 6) is -3.35. The number of benzene rings is 4. The molecule has 0 N–H and O–H groups in total. The van der Waals surface area contributed by atoms with E-state index in [-0.39, 0.29) is 38.0 Å². The number of carbonyl (C=O) groups is 5. The maximum atomic E-state index is 13.6.